The van der Waals surface area contributed by atoms with E-state index in [2.05, 4.69) is 27.3 Å². The molecule has 0 unspecified atom stereocenters. The van der Waals surface area contributed by atoms with Gasteiger partial charge in [-0.1, -0.05) is 0 Å². The van der Waals surface area contributed by atoms with Crippen LogP contribution in [0.4, 0.5) is 0 Å². The number of fused-ring (bicyclic) bond motifs is 1. The van der Waals surface area contributed by atoms with Gasteiger partial charge in [-0.05, 0) is 52.4 Å². The number of hydrogen-bond donors (Lipinski definition) is 2. The Morgan fingerprint density at radius 3 is 2.64 bits per heavy atom. The Bertz CT molecular complexity index is 500. The zero-order chi connectivity index (χ0) is 16.3. The van der Waals surface area contributed by atoms with Crippen LogP contribution >= 0.6 is 0 Å². The lowest BCUT2D eigenvalue weighted by Crippen LogP contribution is -2.48. The Kier molecular flexibility index (Phi) is 5.01. The Hall–Kier alpha value is -1.69. The predicted octanol–water partition coefficient (Wildman–Crippen LogP) is 0.996. The van der Waals surface area contributed by atoms with Gasteiger partial charge in [0.25, 0.3) is 0 Å². The summed E-state index contributed by atoms with van der Waals surface area (Å²) in [6.07, 6.45) is 1.60. The van der Waals surface area contributed by atoms with Crippen molar-refractivity contribution in [1.82, 2.24) is 10.6 Å². The first-order valence-electron chi connectivity index (χ1n) is 7.65. The van der Waals surface area contributed by atoms with Crippen molar-refractivity contribution in [3.63, 3.8) is 0 Å². The second-order valence-corrected chi connectivity index (χ2v) is 6.70. The molecule has 0 bridgehead atoms. The van der Waals surface area contributed by atoms with E-state index in [9.17, 15) is 4.79 Å². The molecule has 122 valence electrons. The quantitative estimate of drug-likeness (QED) is 0.568. The van der Waals surface area contributed by atoms with E-state index in [0.29, 0.717) is 24.3 Å². The monoisotopic (exact) mass is 306 g/mol. The molecule has 2 aliphatic rings. The molecule has 1 aliphatic heterocycles. The van der Waals surface area contributed by atoms with E-state index in [0.717, 1.165) is 18.7 Å². The summed E-state index contributed by atoms with van der Waals surface area (Å²) in [7, 11) is 1.67. The van der Waals surface area contributed by atoms with Gasteiger partial charge in [0.1, 0.15) is 6.61 Å². The molecule has 2 N–H and O–H groups in total. The lowest BCUT2D eigenvalue weighted by atomic mass is 10.1. The number of ether oxygens (including phenoxy) is 1. The van der Waals surface area contributed by atoms with E-state index in [-0.39, 0.29) is 11.8 Å². The molecule has 3 atom stereocenters. The smallest absolute Gasteiger partial charge is 0.224 e. The average Bonchev–Trinajstić information content (AvgIpc) is 2.93. The summed E-state index contributed by atoms with van der Waals surface area (Å²) in [4.78, 5) is 20.1. The maximum Gasteiger partial charge on any atom is 0.224 e. The third-order valence-electron chi connectivity index (χ3n) is 4.25. The largest absolute Gasteiger partial charge is 0.475 e. The van der Waals surface area contributed by atoms with Crippen LogP contribution in [0.5, 0.6) is 0 Å². The first kappa shape index (κ1) is 16.7. The summed E-state index contributed by atoms with van der Waals surface area (Å²) < 4.78 is 5.73. The van der Waals surface area contributed by atoms with Crippen molar-refractivity contribution in [2.24, 2.45) is 27.7 Å². The molecule has 0 aromatic heterocycles. The summed E-state index contributed by atoms with van der Waals surface area (Å²) >= 11 is 0. The van der Waals surface area contributed by atoms with Crippen LogP contribution in [-0.2, 0) is 9.53 Å². The third kappa shape index (κ3) is 3.74. The van der Waals surface area contributed by atoms with Crippen molar-refractivity contribution < 1.29 is 9.53 Å². The molecule has 0 spiro atoms. The van der Waals surface area contributed by atoms with Crippen molar-refractivity contribution in [2.45, 2.75) is 26.3 Å². The minimum atomic E-state index is -0.445. The van der Waals surface area contributed by atoms with Crippen molar-refractivity contribution in [1.29, 1.82) is 0 Å². The van der Waals surface area contributed by atoms with E-state index >= 15 is 0 Å². The van der Waals surface area contributed by atoms with Crippen LogP contribution in [0.3, 0.4) is 0 Å². The molecule has 0 radical (unpaired) electrons. The third-order valence-corrected chi connectivity index (χ3v) is 4.25. The number of nitrogens with zero attached hydrogens (tertiary/aromatic N) is 2. The summed E-state index contributed by atoms with van der Waals surface area (Å²) in [5.41, 5.74) is 0.363. The maximum absolute atomic E-state index is 12.3. The number of carbonyl (C=O) groups excluding carboxylic acids is 1. The lowest BCUT2D eigenvalue weighted by molar-refractivity contribution is -0.125. The SMILES string of the molecule is C=N/C=C(C)\C(=N/C)OCC(C)(C)NC(=O)[C@H]1[C@@H]2CNC[C@@H]21. The van der Waals surface area contributed by atoms with Crippen LogP contribution in [-0.4, -0.2) is 50.8 Å². The van der Waals surface area contributed by atoms with Crippen LogP contribution in [0.1, 0.15) is 20.8 Å². The van der Waals surface area contributed by atoms with E-state index in [1.54, 1.807) is 13.2 Å². The van der Waals surface area contributed by atoms with E-state index in [1.807, 2.05) is 20.8 Å². The van der Waals surface area contributed by atoms with Crippen molar-refractivity contribution in [3.05, 3.63) is 11.8 Å². The molecule has 2 fully saturated rings. The van der Waals surface area contributed by atoms with Crippen LogP contribution in [0.15, 0.2) is 21.8 Å². The number of piperidine rings is 1. The fourth-order valence-corrected chi connectivity index (χ4v) is 3.06. The predicted molar refractivity (Wildman–Crippen MR) is 88.2 cm³/mol. The molecule has 1 aliphatic carbocycles. The Labute approximate surface area is 132 Å². The molecule has 22 heavy (non-hydrogen) atoms. The Morgan fingerprint density at radius 1 is 1.45 bits per heavy atom. The highest BCUT2D eigenvalue weighted by Crippen LogP contribution is 2.48. The van der Waals surface area contributed by atoms with Gasteiger partial charge in [0.15, 0.2) is 0 Å². The average molecular weight is 306 g/mol. The molecule has 1 amide bonds. The minimum Gasteiger partial charge on any atom is -0.475 e. The zero-order valence-electron chi connectivity index (χ0n) is 13.8. The van der Waals surface area contributed by atoms with Gasteiger partial charge >= 0.3 is 0 Å². The topological polar surface area (TPSA) is 75.1 Å². The minimum absolute atomic E-state index is 0.139. The van der Waals surface area contributed by atoms with Gasteiger partial charge < -0.3 is 15.4 Å². The van der Waals surface area contributed by atoms with Gasteiger partial charge in [-0.2, -0.15) is 0 Å². The zero-order valence-corrected chi connectivity index (χ0v) is 13.8. The van der Waals surface area contributed by atoms with E-state index < -0.39 is 5.54 Å². The van der Waals surface area contributed by atoms with Gasteiger partial charge in [0.2, 0.25) is 11.8 Å². The molecule has 1 heterocycles. The normalized spacial score (nSPS) is 28.1. The number of rotatable bonds is 6. The Morgan fingerprint density at radius 2 is 2.09 bits per heavy atom. The van der Waals surface area contributed by atoms with Crippen molar-refractivity contribution in [2.75, 3.05) is 26.7 Å². The molecule has 1 saturated carbocycles. The summed E-state index contributed by atoms with van der Waals surface area (Å²) in [5.74, 6) is 1.87. The van der Waals surface area contributed by atoms with E-state index in [1.165, 1.54) is 0 Å². The van der Waals surface area contributed by atoms with Crippen LogP contribution in [0.2, 0.25) is 0 Å². The number of nitrogens with one attached hydrogen (secondary N) is 2. The van der Waals surface area contributed by atoms with Crippen LogP contribution < -0.4 is 10.6 Å². The lowest BCUT2D eigenvalue weighted by Gasteiger charge is -2.27. The Balaban J connectivity index is 1.84. The summed E-state index contributed by atoms with van der Waals surface area (Å²) in [6, 6.07) is 0. The van der Waals surface area contributed by atoms with Gasteiger partial charge in [0.05, 0.1) is 5.54 Å². The van der Waals surface area contributed by atoms with Crippen molar-refractivity contribution >= 4 is 18.5 Å². The molecule has 0 aromatic carbocycles. The standard InChI is InChI=1S/C16H26N4O2/c1-10(6-17-4)15(18-5)22-9-16(2,3)20-14(21)13-11-7-19-8-12(11)13/h6,11-13,19H,4,7-9H2,1-3,5H3,(H,20,21)/b10-6-,18-15+/t11-,12+,13+. The highest BCUT2D eigenvalue weighted by atomic mass is 16.5. The fourth-order valence-electron chi connectivity index (χ4n) is 3.06. The molecular formula is C16H26N4O2. The molecule has 0 aromatic rings. The maximum atomic E-state index is 12.3. The number of amides is 1. The van der Waals surface area contributed by atoms with Gasteiger partial charge in [-0.3, -0.25) is 14.8 Å². The second-order valence-electron chi connectivity index (χ2n) is 6.70. The molecule has 1 saturated heterocycles. The summed E-state index contributed by atoms with van der Waals surface area (Å²) in [6.45, 7) is 11.5. The number of aliphatic imine (C=N–C) groups is 2. The highest BCUT2D eigenvalue weighted by Gasteiger charge is 2.57. The van der Waals surface area contributed by atoms with Crippen molar-refractivity contribution in [3.8, 4) is 0 Å². The molecule has 6 nitrogen and oxygen atoms in total. The number of hydrogen-bond acceptors (Lipinski definition) is 5. The van der Waals surface area contributed by atoms with Gasteiger partial charge in [0, 0.05) is 24.7 Å². The highest BCUT2D eigenvalue weighted by molar-refractivity contribution is 5.93. The molecular weight excluding hydrogens is 280 g/mol. The van der Waals surface area contributed by atoms with Crippen LogP contribution in [0.25, 0.3) is 0 Å². The summed E-state index contributed by atoms with van der Waals surface area (Å²) in [5, 5.41) is 6.40. The van der Waals surface area contributed by atoms with Crippen LogP contribution in [0, 0.1) is 17.8 Å². The first-order chi connectivity index (χ1) is 10.4. The van der Waals surface area contributed by atoms with Gasteiger partial charge in [-0.25, -0.2) is 0 Å². The molecule has 6 heteroatoms. The first-order valence-corrected chi connectivity index (χ1v) is 7.65. The number of carbonyl (C=O) groups is 1. The fraction of sp³-hybridized carbons (Fsp3) is 0.688. The second kappa shape index (κ2) is 6.60. The molecule has 2 rings (SSSR count). The van der Waals surface area contributed by atoms with Gasteiger partial charge in [-0.15, -0.1) is 0 Å². The van der Waals surface area contributed by atoms with E-state index in [4.69, 9.17) is 4.74 Å².